The average Bonchev–Trinajstić information content (AvgIpc) is 2.71. The fraction of sp³-hybridized carbons (Fsp3) is 0. The molecule has 0 fully saturated rings. The van der Waals surface area contributed by atoms with E-state index in [1.54, 1.807) is 18.9 Å². The van der Waals surface area contributed by atoms with Gasteiger partial charge >= 0.3 is 0 Å². The van der Waals surface area contributed by atoms with Crippen LogP contribution in [0, 0.1) is 0 Å². The molecule has 58 valence electrons. The Labute approximate surface area is 67.1 Å². The molecule has 5 heteroatoms. The molecule has 0 amide bonds. The molecule has 0 radical (unpaired) electrons. The molecule has 3 aromatic heterocycles. The smallest absolute Gasteiger partial charge is 0.167 e. The lowest BCUT2D eigenvalue weighted by Crippen LogP contribution is -1.87. The van der Waals surface area contributed by atoms with Crippen LogP contribution < -0.4 is 0 Å². The second-order valence-corrected chi connectivity index (χ2v) is 2.50. The summed E-state index contributed by atoms with van der Waals surface area (Å²) >= 11 is 0. The maximum absolute atomic E-state index is 4.16. The first kappa shape index (κ1) is 5.70. The van der Waals surface area contributed by atoms with E-state index in [-0.39, 0.29) is 0 Å². The highest BCUT2D eigenvalue weighted by molar-refractivity contribution is 5.84. The molecular weight excluding hydrogens is 154 g/mol. The summed E-state index contributed by atoms with van der Waals surface area (Å²) in [5.74, 6) is 0. The summed E-state index contributed by atoms with van der Waals surface area (Å²) < 4.78 is 1.84. The predicted molar refractivity (Wildman–Crippen MR) is 42.6 cm³/mol. The van der Waals surface area contributed by atoms with Crippen molar-refractivity contribution in [1.29, 1.82) is 0 Å². The lowest BCUT2D eigenvalue weighted by molar-refractivity contribution is 1.11. The average molecular weight is 159 g/mol. The monoisotopic (exact) mass is 159 g/mol. The number of H-pyrrole nitrogens is 1. The van der Waals surface area contributed by atoms with E-state index in [2.05, 4.69) is 19.9 Å². The summed E-state index contributed by atoms with van der Waals surface area (Å²) in [5, 5.41) is 0. The second-order valence-electron chi connectivity index (χ2n) is 2.50. The van der Waals surface area contributed by atoms with Gasteiger partial charge < -0.3 is 4.98 Å². The van der Waals surface area contributed by atoms with Gasteiger partial charge in [0.25, 0.3) is 0 Å². The van der Waals surface area contributed by atoms with Crippen LogP contribution in [0.5, 0.6) is 0 Å². The topological polar surface area (TPSA) is 58.9 Å². The quantitative estimate of drug-likeness (QED) is 0.522. The van der Waals surface area contributed by atoms with E-state index in [9.17, 15) is 0 Å². The lowest BCUT2D eigenvalue weighted by atomic mass is 10.5. The van der Waals surface area contributed by atoms with Gasteiger partial charge in [0.1, 0.15) is 6.33 Å². The van der Waals surface area contributed by atoms with Crippen molar-refractivity contribution >= 4 is 16.8 Å². The number of nitrogens with one attached hydrogen (secondary N) is 1. The molecule has 0 unspecified atom stereocenters. The number of fused-ring (bicyclic) bond motifs is 3. The van der Waals surface area contributed by atoms with Crippen LogP contribution in [0.1, 0.15) is 0 Å². The number of imidazole rings is 2. The molecule has 0 aliphatic rings. The lowest BCUT2D eigenvalue weighted by Gasteiger charge is -1.90. The van der Waals surface area contributed by atoms with Gasteiger partial charge in [0.05, 0.1) is 6.33 Å². The van der Waals surface area contributed by atoms with E-state index in [4.69, 9.17) is 0 Å². The predicted octanol–water partition coefficient (Wildman–Crippen LogP) is 0.606. The van der Waals surface area contributed by atoms with E-state index in [0.717, 1.165) is 16.8 Å². The van der Waals surface area contributed by atoms with Crippen LogP contribution >= 0.6 is 0 Å². The van der Waals surface area contributed by atoms with Gasteiger partial charge in [-0.3, -0.25) is 4.40 Å². The molecule has 0 aromatic carbocycles. The van der Waals surface area contributed by atoms with Gasteiger partial charge in [-0.25, -0.2) is 15.0 Å². The Hall–Kier alpha value is -1.91. The molecular formula is C7H5N5. The summed E-state index contributed by atoms with van der Waals surface area (Å²) in [5.41, 5.74) is 2.41. The van der Waals surface area contributed by atoms with Crippen LogP contribution in [0.15, 0.2) is 25.0 Å². The Kier molecular flexibility index (Phi) is 0.864. The molecule has 1 N–H and O–H groups in total. The first-order valence-electron chi connectivity index (χ1n) is 3.56. The number of hydrogen-bond acceptors (Lipinski definition) is 3. The summed E-state index contributed by atoms with van der Waals surface area (Å²) in [4.78, 5) is 15.3. The highest BCUT2D eigenvalue weighted by atomic mass is 15.1. The SMILES string of the molecule is c1cn2cnc3[nH]cnc3c2n1. The first-order chi connectivity index (χ1) is 5.95. The Morgan fingerprint density at radius 1 is 1.25 bits per heavy atom. The molecule has 0 saturated carbocycles. The zero-order chi connectivity index (χ0) is 7.97. The van der Waals surface area contributed by atoms with Crippen LogP contribution in [0.3, 0.4) is 0 Å². The number of hydrogen-bond donors (Lipinski definition) is 1. The van der Waals surface area contributed by atoms with Crippen LogP contribution in [0.4, 0.5) is 0 Å². The van der Waals surface area contributed by atoms with Gasteiger partial charge in [0.2, 0.25) is 0 Å². The Morgan fingerprint density at radius 2 is 2.25 bits per heavy atom. The highest BCUT2D eigenvalue weighted by Gasteiger charge is 2.03. The number of nitrogens with zero attached hydrogens (tertiary/aromatic N) is 4. The molecule has 0 atom stereocenters. The molecule has 3 rings (SSSR count). The third-order valence-electron chi connectivity index (χ3n) is 1.81. The Bertz CT molecular complexity index is 485. The van der Waals surface area contributed by atoms with Crippen LogP contribution in [-0.4, -0.2) is 24.3 Å². The molecule has 0 aliphatic heterocycles. The molecule has 5 nitrogen and oxygen atoms in total. The van der Waals surface area contributed by atoms with Gasteiger partial charge in [-0.1, -0.05) is 0 Å². The largest absolute Gasteiger partial charge is 0.329 e. The summed E-state index contributed by atoms with van der Waals surface area (Å²) in [6, 6.07) is 0. The van der Waals surface area contributed by atoms with Crippen molar-refractivity contribution < 1.29 is 0 Å². The van der Waals surface area contributed by atoms with Gasteiger partial charge in [-0.15, -0.1) is 0 Å². The van der Waals surface area contributed by atoms with Crippen molar-refractivity contribution in [3.63, 3.8) is 0 Å². The van der Waals surface area contributed by atoms with Gasteiger partial charge in [-0.2, -0.15) is 0 Å². The fourth-order valence-corrected chi connectivity index (χ4v) is 1.26. The molecule has 0 bridgehead atoms. The van der Waals surface area contributed by atoms with E-state index in [0.29, 0.717) is 0 Å². The van der Waals surface area contributed by atoms with Crippen molar-refractivity contribution in [2.75, 3.05) is 0 Å². The van der Waals surface area contributed by atoms with E-state index in [1.165, 1.54) is 0 Å². The second kappa shape index (κ2) is 1.82. The number of aromatic nitrogens is 5. The van der Waals surface area contributed by atoms with Gasteiger partial charge in [-0.05, 0) is 0 Å². The van der Waals surface area contributed by atoms with Crippen molar-refractivity contribution in [2.45, 2.75) is 0 Å². The number of rotatable bonds is 0. The number of aromatic amines is 1. The molecule has 3 heterocycles. The summed E-state index contributed by atoms with van der Waals surface area (Å²) in [6.45, 7) is 0. The van der Waals surface area contributed by atoms with Crippen LogP contribution in [-0.2, 0) is 0 Å². The van der Waals surface area contributed by atoms with E-state index < -0.39 is 0 Å². The summed E-state index contributed by atoms with van der Waals surface area (Å²) in [6.07, 6.45) is 6.90. The van der Waals surface area contributed by atoms with E-state index >= 15 is 0 Å². The maximum atomic E-state index is 4.16. The first-order valence-corrected chi connectivity index (χ1v) is 3.56. The standard InChI is InChI=1S/C7H5N5/c1-2-12-4-11-6-5(7(12)8-1)9-3-10-6/h1-4H,(H,9,10). The Balaban J connectivity index is 2.71. The summed E-state index contributed by atoms with van der Waals surface area (Å²) in [7, 11) is 0. The zero-order valence-electron chi connectivity index (χ0n) is 6.10. The third kappa shape index (κ3) is 0.554. The minimum atomic E-state index is 0.772. The van der Waals surface area contributed by atoms with Crippen LogP contribution in [0.2, 0.25) is 0 Å². The van der Waals surface area contributed by atoms with Gasteiger partial charge in [0, 0.05) is 12.4 Å². The van der Waals surface area contributed by atoms with Crippen molar-refractivity contribution in [2.24, 2.45) is 0 Å². The molecule has 12 heavy (non-hydrogen) atoms. The van der Waals surface area contributed by atoms with Crippen molar-refractivity contribution in [3.8, 4) is 0 Å². The molecule has 0 aliphatic carbocycles. The third-order valence-corrected chi connectivity index (χ3v) is 1.81. The van der Waals surface area contributed by atoms with Gasteiger partial charge in [0.15, 0.2) is 16.8 Å². The molecule has 3 aromatic rings. The van der Waals surface area contributed by atoms with Crippen LogP contribution in [0.25, 0.3) is 16.8 Å². The minimum Gasteiger partial charge on any atom is -0.329 e. The minimum absolute atomic E-state index is 0.772. The zero-order valence-corrected chi connectivity index (χ0v) is 6.10. The molecule has 0 spiro atoms. The van der Waals surface area contributed by atoms with E-state index in [1.807, 2.05) is 10.6 Å². The fourth-order valence-electron chi connectivity index (χ4n) is 1.26. The highest BCUT2D eigenvalue weighted by Crippen LogP contribution is 2.10. The normalized spacial score (nSPS) is 11.3. The van der Waals surface area contributed by atoms with Crippen molar-refractivity contribution in [3.05, 3.63) is 25.0 Å². The maximum Gasteiger partial charge on any atom is 0.167 e. The molecule has 0 saturated heterocycles. The van der Waals surface area contributed by atoms with Crippen molar-refractivity contribution in [1.82, 2.24) is 24.3 Å². The Morgan fingerprint density at radius 3 is 3.25 bits per heavy atom.